The first kappa shape index (κ1) is 19.9. The highest BCUT2D eigenvalue weighted by Crippen LogP contribution is 2.40. The second-order valence-electron chi connectivity index (χ2n) is 7.74. The number of hydrogen-bond donors (Lipinski definition) is 2. The third kappa shape index (κ3) is 3.85. The second-order valence-corrected chi connectivity index (χ2v) is 7.74. The van der Waals surface area contributed by atoms with Crippen molar-refractivity contribution in [2.75, 3.05) is 18.9 Å². The molecule has 3 aromatic rings. The molecule has 0 aliphatic heterocycles. The van der Waals surface area contributed by atoms with E-state index in [0.717, 1.165) is 34.7 Å². The number of carbonyl (C=O) groups is 2. The predicted octanol–water partition coefficient (Wildman–Crippen LogP) is 4.43. The summed E-state index contributed by atoms with van der Waals surface area (Å²) in [5, 5.41) is 3.43. The van der Waals surface area contributed by atoms with Crippen LogP contribution in [0.1, 0.15) is 35.8 Å². The van der Waals surface area contributed by atoms with Gasteiger partial charge in [-0.1, -0.05) is 25.1 Å². The monoisotopic (exact) mass is 402 g/mol. The molecule has 2 heterocycles. The fraction of sp³-hybridized carbons (Fsp3) is 0.292. The highest BCUT2D eigenvalue weighted by molar-refractivity contribution is 6.09. The van der Waals surface area contributed by atoms with Crippen LogP contribution in [0.25, 0.3) is 11.3 Å². The van der Waals surface area contributed by atoms with Crippen molar-refractivity contribution >= 4 is 23.1 Å². The van der Waals surface area contributed by atoms with Crippen molar-refractivity contribution in [1.29, 1.82) is 0 Å². The van der Waals surface area contributed by atoms with Gasteiger partial charge in [0.15, 0.2) is 5.78 Å². The van der Waals surface area contributed by atoms with E-state index in [9.17, 15) is 9.59 Å². The van der Waals surface area contributed by atoms with E-state index >= 15 is 0 Å². The van der Waals surface area contributed by atoms with E-state index in [0.29, 0.717) is 18.5 Å². The number of nitrogens with zero attached hydrogens (tertiary/aromatic N) is 2. The number of H-pyrrole nitrogens is 1. The summed E-state index contributed by atoms with van der Waals surface area (Å²) in [4.78, 5) is 35.3. The third-order valence-corrected chi connectivity index (χ3v) is 5.54. The molecule has 6 nitrogen and oxygen atoms in total. The van der Waals surface area contributed by atoms with Gasteiger partial charge in [-0.2, -0.15) is 0 Å². The topological polar surface area (TPSA) is 78.1 Å². The summed E-state index contributed by atoms with van der Waals surface area (Å²) in [5.41, 5.74) is 4.93. The van der Waals surface area contributed by atoms with Crippen molar-refractivity contribution in [3.8, 4) is 11.3 Å². The van der Waals surface area contributed by atoms with Gasteiger partial charge in [-0.3, -0.25) is 14.6 Å². The fourth-order valence-corrected chi connectivity index (χ4v) is 4.11. The molecule has 154 valence electrons. The van der Waals surface area contributed by atoms with Crippen LogP contribution in [-0.4, -0.2) is 40.2 Å². The summed E-state index contributed by atoms with van der Waals surface area (Å²) < 4.78 is 0. The number of pyridine rings is 1. The Morgan fingerprint density at radius 1 is 1.17 bits per heavy atom. The number of benzene rings is 1. The third-order valence-electron chi connectivity index (χ3n) is 5.54. The lowest BCUT2D eigenvalue weighted by Crippen LogP contribution is -2.37. The van der Waals surface area contributed by atoms with E-state index < -0.39 is 0 Å². The molecule has 0 bridgehead atoms. The number of anilines is 2. The SMILES string of the molecule is CCCN(C)C(=O)C1CC(=O)c2c([nH]c(-c3ccncc3)c2Nc2ccccc2)C1. The van der Waals surface area contributed by atoms with Gasteiger partial charge in [0, 0.05) is 55.8 Å². The molecule has 6 heteroatoms. The van der Waals surface area contributed by atoms with Crippen molar-refractivity contribution in [1.82, 2.24) is 14.9 Å². The van der Waals surface area contributed by atoms with Crippen LogP contribution in [0, 0.1) is 5.92 Å². The largest absolute Gasteiger partial charge is 0.356 e. The van der Waals surface area contributed by atoms with Crippen LogP contribution in [0.2, 0.25) is 0 Å². The lowest BCUT2D eigenvalue weighted by molar-refractivity contribution is -0.134. The summed E-state index contributed by atoms with van der Waals surface area (Å²) in [6.07, 6.45) is 5.12. The standard InChI is InChI=1S/C24H26N4O2/c1-3-13-28(2)24(30)17-14-19-21(20(29)15-17)23(26-18-7-5-4-6-8-18)22(27-19)16-9-11-25-12-10-16/h4-12,17,26-27H,3,13-15H2,1-2H3. The number of amides is 1. The average molecular weight is 402 g/mol. The number of carbonyl (C=O) groups excluding carboxylic acids is 2. The van der Waals surface area contributed by atoms with Gasteiger partial charge in [-0.05, 0) is 30.7 Å². The Labute approximate surface area is 176 Å². The summed E-state index contributed by atoms with van der Waals surface area (Å²) in [6.45, 7) is 2.74. The molecule has 2 N–H and O–H groups in total. The van der Waals surface area contributed by atoms with Crippen LogP contribution in [-0.2, 0) is 11.2 Å². The Morgan fingerprint density at radius 2 is 1.90 bits per heavy atom. The molecule has 0 radical (unpaired) electrons. The van der Waals surface area contributed by atoms with Crippen LogP contribution >= 0.6 is 0 Å². The molecule has 4 rings (SSSR count). The zero-order valence-electron chi connectivity index (χ0n) is 17.3. The maximum Gasteiger partial charge on any atom is 0.226 e. The predicted molar refractivity (Wildman–Crippen MR) is 118 cm³/mol. The minimum absolute atomic E-state index is 0.00511. The van der Waals surface area contributed by atoms with Crippen LogP contribution in [0.3, 0.4) is 0 Å². The summed E-state index contributed by atoms with van der Waals surface area (Å²) in [7, 11) is 1.81. The molecule has 0 saturated heterocycles. The number of ketones is 1. The summed E-state index contributed by atoms with van der Waals surface area (Å²) in [6, 6.07) is 13.6. The van der Waals surface area contributed by atoms with Crippen LogP contribution < -0.4 is 5.32 Å². The highest BCUT2D eigenvalue weighted by Gasteiger charge is 2.35. The molecule has 0 saturated carbocycles. The van der Waals surface area contributed by atoms with E-state index in [1.807, 2.05) is 56.4 Å². The first-order valence-corrected chi connectivity index (χ1v) is 10.3. The van der Waals surface area contributed by atoms with Gasteiger partial charge in [-0.25, -0.2) is 0 Å². The van der Waals surface area contributed by atoms with E-state index in [1.54, 1.807) is 17.3 Å². The van der Waals surface area contributed by atoms with Gasteiger partial charge in [-0.15, -0.1) is 0 Å². The van der Waals surface area contributed by atoms with Crippen molar-refractivity contribution in [2.24, 2.45) is 5.92 Å². The molecule has 0 fully saturated rings. The number of fused-ring (bicyclic) bond motifs is 1. The minimum atomic E-state index is -0.324. The fourth-order valence-electron chi connectivity index (χ4n) is 4.11. The second kappa shape index (κ2) is 8.53. The van der Waals surface area contributed by atoms with Gasteiger partial charge in [0.1, 0.15) is 0 Å². The quantitative estimate of drug-likeness (QED) is 0.639. The van der Waals surface area contributed by atoms with Gasteiger partial charge < -0.3 is 15.2 Å². The van der Waals surface area contributed by atoms with Crippen LogP contribution in [0.4, 0.5) is 11.4 Å². The molecule has 1 amide bonds. The van der Waals surface area contributed by atoms with Crippen molar-refractivity contribution < 1.29 is 9.59 Å². The number of nitrogens with one attached hydrogen (secondary N) is 2. The van der Waals surface area contributed by atoms with Crippen molar-refractivity contribution in [3.05, 3.63) is 66.1 Å². The molecule has 30 heavy (non-hydrogen) atoms. The molecule has 1 aliphatic rings. The Hall–Kier alpha value is -3.41. The molecule has 1 unspecified atom stereocenters. The average Bonchev–Trinajstić information content (AvgIpc) is 3.13. The van der Waals surface area contributed by atoms with Crippen LogP contribution in [0.5, 0.6) is 0 Å². The molecule has 1 atom stereocenters. The minimum Gasteiger partial charge on any atom is -0.356 e. The van der Waals surface area contributed by atoms with E-state index in [2.05, 4.69) is 15.3 Å². The first-order chi connectivity index (χ1) is 14.6. The zero-order chi connectivity index (χ0) is 21.1. The first-order valence-electron chi connectivity index (χ1n) is 10.3. The Kier molecular flexibility index (Phi) is 5.65. The molecule has 0 spiro atoms. The van der Waals surface area contributed by atoms with E-state index in [1.165, 1.54) is 0 Å². The maximum absolute atomic E-state index is 13.2. The van der Waals surface area contributed by atoms with Gasteiger partial charge in [0.25, 0.3) is 0 Å². The molecular formula is C24H26N4O2. The number of aromatic nitrogens is 2. The van der Waals surface area contributed by atoms with Crippen molar-refractivity contribution in [2.45, 2.75) is 26.2 Å². The summed E-state index contributed by atoms with van der Waals surface area (Å²) in [5.74, 6) is -0.293. The summed E-state index contributed by atoms with van der Waals surface area (Å²) >= 11 is 0. The van der Waals surface area contributed by atoms with E-state index in [-0.39, 0.29) is 24.0 Å². The lowest BCUT2D eigenvalue weighted by atomic mass is 9.85. The molecule has 1 aromatic carbocycles. The number of aromatic amines is 1. The Bertz CT molecular complexity index is 1040. The number of hydrogen-bond acceptors (Lipinski definition) is 4. The lowest BCUT2D eigenvalue weighted by Gasteiger charge is -2.26. The normalized spacial score (nSPS) is 15.5. The zero-order valence-corrected chi connectivity index (χ0v) is 17.3. The highest BCUT2D eigenvalue weighted by atomic mass is 16.2. The van der Waals surface area contributed by atoms with Gasteiger partial charge >= 0.3 is 0 Å². The maximum atomic E-state index is 13.2. The van der Waals surface area contributed by atoms with Gasteiger partial charge in [0.2, 0.25) is 5.91 Å². The van der Waals surface area contributed by atoms with E-state index in [4.69, 9.17) is 0 Å². The number of para-hydroxylation sites is 1. The smallest absolute Gasteiger partial charge is 0.226 e. The Morgan fingerprint density at radius 3 is 2.60 bits per heavy atom. The molecule has 1 aliphatic carbocycles. The van der Waals surface area contributed by atoms with Crippen LogP contribution in [0.15, 0.2) is 54.9 Å². The molecule has 2 aromatic heterocycles. The van der Waals surface area contributed by atoms with Crippen molar-refractivity contribution in [3.63, 3.8) is 0 Å². The van der Waals surface area contributed by atoms with Gasteiger partial charge in [0.05, 0.1) is 22.9 Å². The Balaban J connectivity index is 1.74. The number of Topliss-reactive ketones (excluding diaryl/α,β-unsaturated/α-hetero) is 1. The number of rotatable bonds is 6. The molecular weight excluding hydrogens is 376 g/mol.